The molecule has 4 rings (SSSR count). The summed E-state index contributed by atoms with van der Waals surface area (Å²) in [6.07, 6.45) is 5.79. The summed E-state index contributed by atoms with van der Waals surface area (Å²) in [6, 6.07) is 0. The lowest BCUT2D eigenvalue weighted by Crippen LogP contribution is -2.47. The molecule has 10 heteroatoms. The van der Waals surface area contributed by atoms with Crippen LogP contribution in [-0.4, -0.2) is 49.0 Å². The van der Waals surface area contributed by atoms with E-state index in [9.17, 15) is 14.7 Å². The van der Waals surface area contributed by atoms with E-state index in [0.29, 0.717) is 5.65 Å². The molecule has 1 spiro atoms. The molecule has 0 aliphatic carbocycles. The maximum absolute atomic E-state index is 12.2. The number of hydrogen-bond acceptors (Lipinski definition) is 7. The maximum Gasteiger partial charge on any atom is 0.280 e. The van der Waals surface area contributed by atoms with Crippen molar-refractivity contribution in [2.45, 2.75) is 63.6 Å². The molecular formula is C17H23N5O5. The summed E-state index contributed by atoms with van der Waals surface area (Å²) >= 11 is 0. The van der Waals surface area contributed by atoms with Crippen molar-refractivity contribution in [3.05, 3.63) is 16.7 Å². The van der Waals surface area contributed by atoms with Gasteiger partial charge in [-0.25, -0.2) is 4.98 Å². The highest BCUT2D eigenvalue weighted by molar-refractivity contribution is 5.87. The minimum atomic E-state index is -0.729. The fraction of sp³-hybridized carbons (Fsp3) is 0.647. The number of aromatic amines is 1. The summed E-state index contributed by atoms with van der Waals surface area (Å²) in [7, 11) is 0. The van der Waals surface area contributed by atoms with Gasteiger partial charge in [-0.2, -0.15) is 4.98 Å². The van der Waals surface area contributed by atoms with Gasteiger partial charge in [-0.3, -0.25) is 24.5 Å². The molecule has 0 aromatic carbocycles. The third kappa shape index (κ3) is 3.47. The fourth-order valence-electron chi connectivity index (χ4n) is 3.89. The number of nitrogens with zero attached hydrogens (tertiary/aromatic N) is 3. The minimum absolute atomic E-state index is 0.0270. The van der Waals surface area contributed by atoms with Crippen molar-refractivity contribution in [1.82, 2.24) is 19.5 Å². The van der Waals surface area contributed by atoms with Crippen LogP contribution in [0.3, 0.4) is 0 Å². The molecule has 0 saturated carbocycles. The van der Waals surface area contributed by atoms with Gasteiger partial charge in [0.25, 0.3) is 5.56 Å². The number of H-pyrrole nitrogens is 1. The largest absolute Gasteiger partial charge is 0.394 e. The molecule has 27 heavy (non-hydrogen) atoms. The van der Waals surface area contributed by atoms with Crippen LogP contribution < -0.4 is 10.9 Å². The molecule has 2 saturated heterocycles. The van der Waals surface area contributed by atoms with Crippen LogP contribution in [0.1, 0.15) is 51.7 Å². The quantitative estimate of drug-likeness (QED) is 0.728. The van der Waals surface area contributed by atoms with Crippen molar-refractivity contribution in [3.63, 3.8) is 0 Å². The van der Waals surface area contributed by atoms with Gasteiger partial charge >= 0.3 is 0 Å². The Morgan fingerprint density at radius 3 is 2.93 bits per heavy atom. The molecule has 2 aliphatic rings. The van der Waals surface area contributed by atoms with E-state index in [4.69, 9.17) is 9.47 Å². The zero-order chi connectivity index (χ0) is 19.0. The molecule has 146 valence electrons. The second kappa shape index (κ2) is 7.02. The van der Waals surface area contributed by atoms with E-state index in [1.165, 1.54) is 13.3 Å². The maximum atomic E-state index is 12.2. The van der Waals surface area contributed by atoms with Gasteiger partial charge in [-0.15, -0.1) is 0 Å². The first-order valence-corrected chi connectivity index (χ1v) is 9.21. The molecular weight excluding hydrogens is 354 g/mol. The third-order valence-corrected chi connectivity index (χ3v) is 5.07. The number of fused-ring (bicyclic) bond motifs is 1. The number of imidazole rings is 1. The predicted octanol–water partition coefficient (Wildman–Crippen LogP) is 1.03. The van der Waals surface area contributed by atoms with E-state index < -0.39 is 11.3 Å². The molecule has 3 N–H and O–H groups in total. The lowest BCUT2D eigenvalue weighted by molar-refractivity contribution is -0.330. The Bertz CT molecular complexity index is 905. The molecule has 4 heterocycles. The molecule has 2 aromatic heterocycles. The lowest BCUT2D eigenvalue weighted by Gasteiger charge is -2.45. The number of amides is 1. The third-order valence-electron chi connectivity index (χ3n) is 5.07. The first kappa shape index (κ1) is 18.1. The number of carbonyl (C=O) groups is 1. The summed E-state index contributed by atoms with van der Waals surface area (Å²) in [4.78, 5) is 34.5. The summed E-state index contributed by atoms with van der Waals surface area (Å²) in [5.74, 6) is -0.990. The van der Waals surface area contributed by atoms with Crippen molar-refractivity contribution in [1.29, 1.82) is 0 Å². The number of anilines is 1. The minimum Gasteiger partial charge on any atom is -0.394 e. The average Bonchev–Trinajstić information content (AvgIpc) is 3.05. The molecule has 1 amide bonds. The van der Waals surface area contributed by atoms with Gasteiger partial charge in [0, 0.05) is 19.8 Å². The molecule has 2 fully saturated rings. The topological polar surface area (TPSA) is 131 Å². The van der Waals surface area contributed by atoms with Crippen molar-refractivity contribution >= 4 is 23.0 Å². The SMILES string of the molecule is CC(=O)Nc1nc2c(ncn2[C@@H]2CCC[C@]3(CCC[C@@H](CO)O3)O2)c(=O)[nH]1. The van der Waals surface area contributed by atoms with Gasteiger partial charge in [0.1, 0.15) is 6.23 Å². The Kier molecular flexibility index (Phi) is 4.70. The van der Waals surface area contributed by atoms with E-state index in [0.717, 1.165) is 38.5 Å². The van der Waals surface area contributed by atoms with Crippen molar-refractivity contribution in [2.24, 2.45) is 0 Å². The molecule has 2 aliphatic heterocycles. The Morgan fingerprint density at radius 2 is 2.19 bits per heavy atom. The van der Waals surface area contributed by atoms with Gasteiger partial charge in [0.05, 0.1) is 19.0 Å². The fourth-order valence-corrected chi connectivity index (χ4v) is 3.89. The zero-order valence-electron chi connectivity index (χ0n) is 15.1. The van der Waals surface area contributed by atoms with Crippen LogP contribution >= 0.6 is 0 Å². The second-order valence-electron chi connectivity index (χ2n) is 7.11. The summed E-state index contributed by atoms with van der Waals surface area (Å²) in [5, 5.41) is 11.9. The van der Waals surface area contributed by atoms with Crippen molar-refractivity contribution < 1.29 is 19.4 Å². The lowest BCUT2D eigenvalue weighted by atomic mass is 9.94. The van der Waals surface area contributed by atoms with E-state index in [-0.39, 0.29) is 36.3 Å². The van der Waals surface area contributed by atoms with Crippen LogP contribution in [0.15, 0.2) is 11.1 Å². The number of rotatable bonds is 3. The number of aromatic nitrogens is 4. The molecule has 0 bridgehead atoms. The van der Waals surface area contributed by atoms with Crippen LogP contribution in [0.2, 0.25) is 0 Å². The first-order valence-electron chi connectivity index (χ1n) is 9.21. The Morgan fingerprint density at radius 1 is 1.41 bits per heavy atom. The Labute approximate surface area is 154 Å². The average molecular weight is 377 g/mol. The van der Waals surface area contributed by atoms with Crippen LogP contribution in [0.25, 0.3) is 11.2 Å². The van der Waals surface area contributed by atoms with Gasteiger partial charge < -0.3 is 14.6 Å². The summed E-state index contributed by atoms with van der Waals surface area (Å²) in [5.41, 5.74) is 0.103. The van der Waals surface area contributed by atoms with E-state index in [1.807, 2.05) is 0 Å². The van der Waals surface area contributed by atoms with Gasteiger partial charge in [0.2, 0.25) is 11.9 Å². The first-order chi connectivity index (χ1) is 13.0. The van der Waals surface area contributed by atoms with Gasteiger partial charge in [0.15, 0.2) is 17.0 Å². The smallest absolute Gasteiger partial charge is 0.280 e. The second-order valence-corrected chi connectivity index (χ2v) is 7.11. The molecule has 2 aromatic rings. The number of nitrogens with one attached hydrogen (secondary N) is 2. The Balaban J connectivity index is 1.66. The monoisotopic (exact) mass is 377 g/mol. The number of ether oxygens (including phenoxy) is 2. The van der Waals surface area contributed by atoms with Gasteiger partial charge in [-0.05, 0) is 25.7 Å². The van der Waals surface area contributed by atoms with Crippen molar-refractivity contribution in [3.8, 4) is 0 Å². The van der Waals surface area contributed by atoms with Gasteiger partial charge in [-0.1, -0.05) is 0 Å². The van der Waals surface area contributed by atoms with E-state index in [1.54, 1.807) is 4.57 Å². The standard InChI is InChI=1S/C17H23N5O5/c1-10(24)19-16-20-14-13(15(25)21-16)18-9-22(14)12-5-3-7-17(27-12)6-2-4-11(8-23)26-17/h9,11-12,23H,2-8H2,1H3,(H2,19,20,21,24,25)/t11-,12-,17-/m0/s1. The zero-order valence-corrected chi connectivity index (χ0v) is 15.1. The highest BCUT2D eigenvalue weighted by atomic mass is 16.7. The summed E-state index contributed by atoms with van der Waals surface area (Å²) < 4.78 is 14.1. The van der Waals surface area contributed by atoms with Crippen LogP contribution in [0, 0.1) is 0 Å². The number of aliphatic hydroxyl groups is 1. The van der Waals surface area contributed by atoms with E-state index in [2.05, 4.69) is 20.3 Å². The highest BCUT2D eigenvalue weighted by Crippen LogP contribution is 2.42. The normalized spacial score (nSPS) is 28.5. The highest BCUT2D eigenvalue weighted by Gasteiger charge is 2.43. The number of aliphatic hydroxyl groups excluding tert-OH is 1. The number of hydrogen-bond donors (Lipinski definition) is 3. The summed E-state index contributed by atoms with van der Waals surface area (Å²) in [6.45, 7) is 1.31. The van der Waals surface area contributed by atoms with Crippen molar-refractivity contribution in [2.75, 3.05) is 11.9 Å². The van der Waals surface area contributed by atoms with Crippen LogP contribution in [-0.2, 0) is 14.3 Å². The van der Waals surface area contributed by atoms with Crippen LogP contribution in [0.5, 0.6) is 0 Å². The predicted molar refractivity (Wildman–Crippen MR) is 95.0 cm³/mol. The van der Waals surface area contributed by atoms with E-state index >= 15 is 0 Å². The molecule has 10 nitrogen and oxygen atoms in total. The molecule has 0 radical (unpaired) electrons. The molecule has 3 atom stereocenters. The van der Waals surface area contributed by atoms with Crippen LogP contribution in [0.4, 0.5) is 5.95 Å². The Hall–Kier alpha value is -2.30. The molecule has 0 unspecified atom stereocenters. The number of carbonyl (C=O) groups excluding carboxylic acids is 1.